The second-order valence-electron chi connectivity index (χ2n) is 5.40. The van der Waals surface area contributed by atoms with E-state index in [0.717, 1.165) is 0 Å². The van der Waals surface area contributed by atoms with Gasteiger partial charge < -0.3 is 10.2 Å². The summed E-state index contributed by atoms with van der Waals surface area (Å²) < 4.78 is 41.4. The molecule has 3 rings (SSSR count). The first-order valence-electron chi connectivity index (χ1n) is 7.35. The van der Waals surface area contributed by atoms with Crippen LogP contribution in [0, 0.1) is 5.82 Å². The van der Waals surface area contributed by atoms with Crippen molar-refractivity contribution < 1.29 is 27.2 Å². The van der Waals surface area contributed by atoms with E-state index in [1.807, 2.05) is 0 Å². The van der Waals surface area contributed by atoms with E-state index in [2.05, 4.69) is 4.98 Å². The van der Waals surface area contributed by atoms with Gasteiger partial charge in [-0.15, -0.1) is 5.06 Å². The topological polar surface area (TPSA) is 153 Å². The number of nitrogens with two attached hydrogens (primary N) is 2. The molecule has 0 unspecified atom stereocenters. The lowest BCUT2D eigenvalue weighted by Gasteiger charge is -2.05. The third-order valence-electron chi connectivity index (χ3n) is 3.57. The van der Waals surface area contributed by atoms with Crippen molar-refractivity contribution in [2.45, 2.75) is 4.90 Å². The summed E-state index contributed by atoms with van der Waals surface area (Å²) >= 11 is 0. The normalized spacial score (nSPS) is 11.4. The first kappa shape index (κ1) is 18.5. The fourth-order valence-electron chi connectivity index (χ4n) is 2.29. The summed E-state index contributed by atoms with van der Waals surface area (Å²) in [6.07, 6.45) is 0. The molecule has 0 spiro atoms. The third kappa shape index (κ3) is 3.79. The van der Waals surface area contributed by atoms with Crippen LogP contribution in [0.5, 0.6) is 0 Å². The van der Waals surface area contributed by atoms with Crippen molar-refractivity contribution in [3.05, 3.63) is 54.3 Å². The molecule has 3 aromatic rings. The molecule has 9 nitrogen and oxygen atoms in total. The highest BCUT2D eigenvalue weighted by Gasteiger charge is 2.23. The largest absolute Gasteiger partial charge is 0.421 e. The van der Waals surface area contributed by atoms with E-state index >= 15 is 0 Å². The van der Waals surface area contributed by atoms with Crippen LogP contribution in [0.4, 0.5) is 15.2 Å². The summed E-state index contributed by atoms with van der Waals surface area (Å²) in [7, 11) is -3.89. The zero-order valence-corrected chi connectivity index (χ0v) is 14.4. The first-order chi connectivity index (χ1) is 12.7. The van der Waals surface area contributed by atoms with Gasteiger partial charge in [0.25, 0.3) is 0 Å². The lowest BCUT2D eigenvalue weighted by atomic mass is 10.1. The molecule has 0 bridgehead atoms. The Morgan fingerprint density at radius 2 is 1.63 bits per heavy atom. The summed E-state index contributed by atoms with van der Waals surface area (Å²) in [5.74, 6) is -0.375. The van der Waals surface area contributed by atoms with Gasteiger partial charge in [0.15, 0.2) is 5.76 Å². The van der Waals surface area contributed by atoms with E-state index < -0.39 is 27.9 Å². The number of benzene rings is 2. The number of primary sulfonamides is 1. The van der Waals surface area contributed by atoms with E-state index in [9.17, 15) is 22.8 Å². The van der Waals surface area contributed by atoms with Gasteiger partial charge in [-0.3, -0.25) is 5.21 Å². The van der Waals surface area contributed by atoms with Crippen molar-refractivity contribution in [2.75, 3.05) is 5.06 Å². The monoisotopic (exact) mass is 392 g/mol. The molecule has 0 saturated carbocycles. The fraction of sp³-hybridized carbons (Fsp3) is 0. The maximum atomic E-state index is 13.2. The Balaban J connectivity index is 2.15. The lowest BCUT2D eigenvalue weighted by molar-refractivity contribution is 0.203. The van der Waals surface area contributed by atoms with E-state index in [4.69, 9.17) is 15.3 Å². The molecular formula is C16H13FN4O5S. The van der Waals surface area contributed by atoms with Crippen molar-refractivity contribution in [3.63, 3.8) is 0 Å². The third-order valence-corrected chi connectivity index (χ3v) is 4.50. The Morgan fingerprint density at radius 1 is 1.07 bits per heavy atom. The quantitative estimate of drug-likeness (QED) is 0.456. The summed E-state index contributed by atoms with van der Waals surface area (Å²) in [5.41, 5.74) is 5.97. The molecule has 0 aliphatic heterocycles. The molecule has 0 atom stereocenters. The Labute approximate surface area is 152 Å². The van der Waals surface area contributed by atoms with Gasteiger partial charge in [-0.25, -0.2) is 22.7 Å². The van der Waals surface area contributed by atoms with Crippen molar-refractivity contribution >= 4 is 22.1 Å². The van der Waals surface area contributed by atoms with Crippen LogP contribution in [-0.2, 0) is 10.0 Å². The molecule has 5 N–H and O–H groups in total. The number of oxazole rings is 1. The Morgan fingerprint density at radius 3 is 2.15 bits per heavy atom. The van der Waals surface area contributed by atoms with Crippen LogP contribution in [0.1, 0.15) is 0 Å². The van der Waals surface area contributed by atoms with Crippen LogP contribution in [0.3, 0.4) is 0 Å². The summed E-state index contributed by atoms with van der Waals surface area (Å²) in [4.78, 5) is 15.1. The van der Waals surface area contributed by atoms with Crippen molar-refractivity contribution in [2.24, 2.45) is 10.9 Å². The number of hydrogen-bond acceptors (Lipinski definition) is 6. The molecule has 0 radical (unpaired) electrons. The van der Waals surface area contributed by atoms with E-state index in [0.29, 0.717) is 11.1 Å². The van der Waals surface area contributed by atoms with Crippen LogP contribution in [-0.4, -0.2) is 24.6 Å². The number of anilines is 1. The maximum Gasteiger partial charge on any atom is 0.347 e. The highest BCUT2D eigenvalue weighted by Crippen LogP contribution is 2.35. The second-order valence-corrected chi connectivity index (χ2v) is 6.96. The molecular weight excluding hydrogens is 379 g/mol. The number of hydrogen-bond donors (Lipinski definition) is 3. The van der Waals surface area contributed by atoms with Crippen LogP contribution < -0.4 is 15.9 Å². The number of sulfonamides is 1. The number of primary amides is 1. The average Bonchev–Trinajstić information content (AvgIpc) is 3.06. The molecule has 2 amide bonds. The van der Waals surface area contributed by atoms with E-state index in [-0.39, 0.29) is 21.4 Å². The van der Waals surface area contributed by atoms with Gasteiger partial charge in [-0.2, -0.15) is 4.98 Å². The summed E-state index contributed by atoms with van der Waals surface area (Å²) in [5, 5.41) is 14.7. The first-order valence-corrected chi connectivity index (χ1v) is 8.90. The highest BCUT2D eigenvalue weighted by molar-refractivity contribution is 7.89. The Kier molecular flexibility index (Phi) is 4.66. The van der Waals surface area contributed by atoms with Crippen molar-refractivity contribution in [3.8, 4) is 22.6 Å². The minimum absolute atomic E-state index is 0.00916. The van der Waals surface area contributed by atoms with Crippen LogP contribution in [0.15, 0.2) is 57.8 Å². The number of carbonyl (C=O) groups excluding carboxylic acids is 1. The minimum Gasteiger partial charge on any atom is -0.421 e. The number of nitrogens with zero attached hydrogens (tertiary/aromatic N) is 2. The molecule has 1 heterocycles. The van der Waals surface area contributed by atoms with Crippen LogP contribution >= 0.6 is 0 Å². The molecule has 11 heteroatoms. The van der Waals surface area contributed by atoms with Gasteiger partial charge in [0.2, 0.25) is 10.0 Å². The number of urea groups is 1. The summed E-state index contributed by atoms with van der Waals surface area (Å²) in [6, 6.07) is 8.83. The molecule has 140 valence electrons. The standard InChI is InChI=1S/C16H13FN4O5S/c17-11-5-1-9(2-6-11)13-14(26-16(20-13)21(23)15(18)22)10-3-7-12(8-4-10)27(19,24)25/h1-8,23H,(H2,18,22)(H2,19,24,25). The average molecular weight is 392 g/mol. The second kappa shape index (κ2) is 6.79. The molecule has 2 aromatic carbocycles. The van der Waals surface area contributed by atoms with Gasteiger partial charge in [-0.05, 0) is 48.5 Å². The zero-order chi connectivity index (χ0) is 19.8. The number of hydroxylamine groups is 1. The predicted octanol–water partition coefficient (Wildman–Crippen LogP) is 2.07. The Bertz CT molecular complexity index is 1090. The fourth-order valence-corrected chi connectivity index (χ4v) is 2.80. The van der Waals surface area contributed by atoms with Crippen molar-refractivity contribution in [1.82, 2.24) is 4.98 Å². The number of rotatable bonds is 4. The SMILES string of the molecule is NC(=O)N(O)c1nc(-c2ccc(F)cc2)c(-c2ccc(S(N)(=O)=O)cc2)o1. The molecule has 1 aromatic heterocycles. The summed E-state index contributed by atoms with van der Waals surface area (Å²) in [6.45, 7) is 0. The maximum absolute atomic E-state index is 13.2. The number of amides is 2. The van der Waals surface area contributed by atoms with Gasteiger partial charge in [0.05, 0.1) is 4.90 Å². The molecule has 27 heavy (non-hydrogen) atoms. The number of carbonyl (C=O) groups is 1. The molecule has 0 fully saturated rings. The Hall–Kier alpha value is -3.28. The van der Waals surface area contributed by atoms with Gasteiger partial charge >= 0.3 is 12.0 Å². The van der Waals surface area contributed by atoms with Crippen LogP contribution in [0.25, 0.3) is 22.6 Å². The number of halogens is 1. The zero-order valence-electron chi connectivity index (χ0n) is 13.5. The predicted molar refractivity (Wildman–Crippen MR) is 92.6 cm³/mol. The van der Waals surface area contributed by atoms with Gasteiger partial charge in [0, 0.05) is 11.1 Å². The van der Waals surface area contributed by atoms with Crippen molar-refractivity contribution in [1.29, 1.82) is 0 Å². The molecule has 0 aliphatic carbocycles. The van der Waals surface area contributed by atoms with E-state index in [1.54, 1.807) is 0 Å². The van der Waals surface area contributed by atoms with E-state index in [1.165, 1.54) is 48.5 Å². The minimum atomic E-state index is -3.89. The lowest BCUT2D eigenvalue weighted by Crippen LogP contribution is -2.32. The van der Waals surface area contributed by atoms with Gasteiger partial charge in [0.1, 0.15) is 11.5 Å². The smallest absolute Gasteiger partial charge is 0.347 e. The van der Waals surface area contributed by atoms with Gasteiger partial charge in [-0.1, -0.05) is 0 Å². The van der Waals surface area contributed by atoms with Crippen LogP contribution in [0.2, 0.25) is 0 Å². The highest BCUT2D eigenvalue weighted by atomic mass is 32.2. The molecule has 0 aliphatic rings. The number of aromatic nitrogens is 1. The molecule has 0 saturated heterocycles.